The van der Waals surface area contributed by atoms with Crippen LogP contribution in [-0.4, -0.2) is 67.1 Å². The summed E-state index contributed by atoms with van der Waals surface area (Å²) in [6, 6.07) is 3.18. The van der Waals surface area contributed by atoms with Crippen LogP contribution in [0.2, 0.25) is 0 Å². The molecule has 1 aliphatic heterocycles. The quantitative estimate of drug-likeness (QED) is 0.882. The molecule has 20 heavy (non-hydrogen) atoms. The van der Waals surface area contributed by atoms with Crippen molar-refractivity contribution in [2.45, 2.75) is 25.4 Å². The summed E-state index contributed by atoms with van der Waals surface area (Å²) >= 11 is 3.51. The fraction of sp³-hybridized carbons (Fsp3) is 0.667. The summed E-state index contributed by atoms with van der Waals surface area (Å²) in [6.07, 6.45) is 4.83. The summed E-state index contributed by atoms with van der Waals surface area (Å²) in [6.45, 7) is 6.60. The average molecular weight is 341 g/mol. The number of hydrogen-bond donors (Lipinski definition) is 1. The Morgan fingerprint density at radius 1 is 1.40 bits per heavy atom. The zero-order chi connectivity index (χ0) is 14.5. The number of halogens is 1. The molecule has 0 spiro atoms. The molecule has 5 heteroatoms. The van der Waals surface area contributed by atoms with Crippen molar-refractivity contribution in [1.82, 2.24) is 20.1 Å². The van der Waals surface area contributed by atoms with E-state index in [2.05, 4.69) is 63.1 Å². The third kappa shape index (κ3) is 4.25. The normalized spacial score (nSPS) is 22.9. The average Bonchev–Trinajstić information content (AvgIpc) is 2.41. The fourth-order valence-corrected chi connectivity index (χ4v) is 3.32. The highest BCUT2D eigenvalue weighted by Gasteiger charge is 2.29. The van der Waals surface area contributed by atoms with Gasteiger partial charge in [0.2, 0.25) is 0 Å². The number of pyridine rings is 1. The molecule has 0 amide bonds. The zero-order valence-electron chi connectivity index (χ0n) is 12.6. The van der Waals surface area contributed by atoms with Gasteiger partial charge in [0, 0.05) is 48.6 Å². The van der Waals surface area contributed by atoms with Gasteiger partial charge in [0.1, 0.15) is 0 Å². The van der Waals surface area contributed by atoms with Crippen molar-refractivity contribution in [2.24, 2.45) is 0 Å². The molecule has 4 nitrogen and oxygen atoms in total. The van der Waals surface area contributed by atoms with Crippen LogP contribution in [0, 0.1) is 0 Å². The van der Waals surface area contributed by atoms with E-state index in [1.54, 1.807) is 0 Å². The number of nitrogens with one attached hydrogen (secondary N) is 1. The van der Waals surface area contributed by atoms with Gasteiger partial charge in [-0.1, -0.05) is 6.92 Å². The van der Waals surface area contributed by atoms with E-state index in [1.807, 2.05) is 12.4 Å². The lowest BCUT2D eigenvalue weighted by molar-refractivity contribution is 0.0880. The third-order valence-electron chi connectivity index (χ3n) is 4.05. The van der Waals surface area contributed by atoms with Gasteiger partial charge in [-0.25, -0.2) is 0 Å². The van der Waals surface area contributed by atoms with Crippen molar-refractivity contribution < 1.29 is 0 Å². The zero-order valence-corrected chi connectivity index (χ0v) is 14.2. The minimum absolute atomic E-state index is 0.462. The first kappa shape index (κ1) is 15.9. The maximum atomic E-state index is 4.28. The summed E-state index contributed by atoms with van der Waals surface area (Å²) in [5.74, 6) is 0. The van der Waals surface area contributed by atoms with Gasteiger partial charge in [-0.15, -0.1) is 0 Å². The van der Waals surface area contributed by atoms with Crippen molar-refractivity contribution in [3.63, 3.8) is 0 Å². The van der Waals surface area contributed by atoms with Crippen LogP contribution < -0.4 is 5.32 Å². The van der Waals surface area contributed by atoms with E-state index in [4.69, 9.17) is 0 Å². The van der Waals surface area contributed by atoms with Gasteiger partial charge in [-0.2, -0.15) is 0 Å². The second-order valence-corrected chi connectivity index (χ2v) is 6.61. The fourth-order valence-electron chi connectivity index (χ4n) is 2.91. The van der Waals surface area contributed by atoms with Gasteiger partial charge in [-0.3, -0.25) is 9.88 Å². The molecule has 0 bridgehead atoms. The first-order valence-electron chi connectivity index (χ1n) is 7.31. The highest BCUT2D eigenvalue weighted by molar-refractivity contribution is 9.10. The molecule has 2 heterocycles. The van der Waals surface area contributed by atoms with Crippen molar-refractivity contribution in [3.8, 4) is 0 Å². The van der Waals surface area contributed by atoms with Crippen molar-refractivity contribution in [2.75, 3.05) is 40.3 Å². The molecular weight excluding hydrogens is 316 g/mol. The number of hydrogen-bond acceptors (Lipinski definition) is 4. The maximum absolute atomic E-state index is 4.28. The van der Waals surface area contributed by atoms with E-state index in [0.717, 1.165) is 37.1 Å². The molecule has 1 aromatic heterocycles. The molecule has 1 N–H and O–H groups in total. The Labute approximate surface area is 130 Å². The van der Waals surface area contributed by atoms with Gasteiger partial charge in [-0.05, 0) is 54.6 Å². The van der Waals surface area contributed by atoms with Crippen LogP contribution in [0.15, 0.2) is 22.9 Å². The molecule has 2 unspecified atom stereocenters. The first-order chi connectivity index (χ1) is 9.60. The van der Waals surface area contributed by atoms with Crippen LogP contribution in [0.4, 0.5) is 0 Å². The Bertz CT molecular complexity index is 426. The minimum atomic E-state index is 0.462. The van der Waals surface area contributed by atoms with Gasteiger partial charge in [0.15, 0.2) is 0 Å². The predicted octanol–water partition coefficient (Wildman–Crippen LogP) is 1.61. The Hall–Kier alpha value is -0.490. The molecule has 1 aromatic rings. The Kier molecular flexibility index (Phi) is 5.96. The van der Waals surface area contributed by atoms with Crippen molar-refractivity contribution in [3.05, 3.63) is 28.5 Å². The molecule has 112 valence electrons. The molecule has 0 aromatic carbocycles. The van der Waals surface area contributed by atoms with Crippen LogP contribution in [-0.2, 0) is 6.42 Å². The Balaban J connectivity index is 2.09. The minimum Gasteiger partial charge on any atom is -0.312 e. The predicted molar refractivity (Wildman–Crippen MR) is 87.0 cm³/mol. The SMILES string of the molecule is CCNC(Cc1cncc(Br)c1)C1CN(C)CCN1C. The number of likely N-dealkylation sites (N-methyl/N-ethyl adjacent to an activating group) is 3. The number of piperazine rings is 1. The van der Waals surface area contributed by atoms with E-state index in [9.17, 15) is 0 Å². The summed E-state index contributed by atoms with van der Waals surface area (Å²) in [5, 5.41) is 3.66. The molecule has 1 aliphatic rings. The molecule has 1 saturated heterocycles. The van der Waals surface area contributed by atoms with Crippen LogP contribution in [0.1, 0.15) is 12.5 Å². The molecule has 2 rings (SSSR count). The molecule has 0 radical (unpaired) electrons. The standard InChI is InChI=1S/C15H25BrN4/c1-4-18-14(8-12-7-13(16)10-17-9-12)15-11-19(2)5-6-20(15)3/h7,9-10,14-15,18H,4-6,8,11H2,1-3H3. The van der Waals surface area contributed by atoms with E-state index in [0.29, 0.717) is 12.1 Å². The Morgan fingerprint density at radius 3 is 2.90 bits per heavy atom. The largest absolute Gasteiger partial charge is 0.312 e. The summed E-state index contributed by atoms with van der Waals surface area (Å²) in [4.78, 5) is 9.19. The van der Waals surface area contributed by atoms with Gasteiger partial charge >= 0.3 is 0 Å². The number of rotatable bonds is 5. The highest BCUT2D eigenvalue weighted by atomic mass is 79.9. The third-order valence-corrected chi connectivity index (χ3v) is 4.48. The number of nitrogens with zero attached hydrogens (tertiary/aromatic N) is 3. The van der Waals surface area contributed by atoms with Crippen LogP contribution in [0.5, 0.6) is 0 Å². The van der Waals surface area contributed by atoms with Crippen LogP contribution in [0.25, 0.3) is 0 Å². The smallest absolute Gasteiger partial charge is 0.0410 e. The lowest BCUT2D eigenvalue weighted by atomic mass is 9.97. The monoisotopic (exact) mass is 340 g/mol. The maximum Gasteiger partial charge on any atom is 0.0410 e. The van der Waals surface area contributed by atoms with Crippen molar-refractivity contribution >= 4 is 15.9 Å². The summed E-state index contributed by atoms with van der Waals surface area (Å²) < 4.78 is 1.05. The second-order valence-electron chi connectivity index (χ2n) is 5.69. The second kappa shape index (κ2) is 7.50. The van der Waals surface area contributed by atoms with Crippen LogP contribution >= 0.6 is 15.9 Å². The Morgan fingerprint density at radius 2 is 2.20 bits per heavy atom. The van der Waals surface area contributed by atoms with Crippen molar-refractivity contribution in [1.29, 1.82) is 0 Å². The topological polar surface area (TPSA) is 31.4 Å². The molecule has 0 aliphatic carbocycles. The lowest BCUT2D eigenvalue weighted by Crippen LogP contribution is -2.59. The van der Waals surface area contributed by atoms with Gasteiger partial charge in [0.25, 0.3) is 0 Å². The molecular formula is C15H25BrN4. The summed E-state index contributed by atoms with van der Waals surface area (Å²) in [5.41, 5.74) is 1.28. The number of aromatic nitrogens is 1. The summed E-state index contributed by atoms with van der Waals surface area (Å²) in [7, 11) is 4.45. The van der Waals surface area contributed by atoms with Gasteiger partial charge < -0.3 is 10.2 Å². The molecule has 2 atom stereocenters. The highest BCUT2D eigenvalue weighted by Crippen LogP contribution is 2.16. The molecule has 1 fully saturated rings. The molecule has 0 saturated carbocycles. The van der Waals surface area contributed by atoms with E-state index < -0.39 is 0 Å². The van der Waals surface area contributed by atoms with E-state index in [-0.39, 0.29) is 0 Å². The van der Waals surface area contributed by atoms with E-state index >= 15 is 0 Å². The first-order valence-corrected chi connectivity index (χ1v) is 8.11. The van der Waals surface area contributed by atoms with E-state index in [1.165, 1.54) is 5.56 Å². The van der Waals surface area contributed by atoms with Gasteiger partial charge in [0.05, 0.1) is 0 Å². The van der Waals surface area contributed by atoms with Crippen LogP contribution in [0.3, 0.4) is 0 Å². The lowest BCUT2D eigenvalue weighted by Gasteiger charge is -2.42.